The molecule has 3 atom stereocenters. The highest BCUT2D eigenvalue weighted by Crippen LogP contribution is 2.78. The number of amides is 4. The van der Waals surface area contributed by atoms with E-state index < -0.39 is 52.5 Å². The van der Waals surface area contributed by atoms with Crippen LogP contribution in [0, 0.1) is 16.7 Å². The number of nitrogens with one attached hydrogen (secondary N) is 4. The molecule has 3 saturated carbocycles. The van der Waals surface area contributed by atoms with Gasteiger partial charge in [0.15, 0.2) is 0 Å². The number of rotatable bonds is 8. The maximum atomic E-state index is 13.2. The molecule has 0 radical (unpaired) electrons. The smallest absolute Gasteiger partial charge is 0.353 e. The van der Waals surface area contributed by atoms with E-state index in [9.17, 15) is 37.1 Å². The summed E-state index contributed by atoms with van der Waals surface area (Å²) in [6.45, 7) is 1.79. The molecule has 0 spiro atoms. The second-order valence-corrected chi connectivity index (χ2v) is 10.7. The zero-order valence-corrected chi connectivity index (χ0v) is 20.8. The molecule has 4 aliphatic rings. The van der Waals surface area contributed by atoms with Crippen LogP contribution in [0.1, 0.15) is 49.4 Å². The van der Waals surface area contributed by atoms with E-state index >= 15 is 0 Å². The van der Waals surface area contributed by atoms with Crippen molar-refractivity contribution in [3.8, 4) is 0 Å². The molecule has 1 aliphatic heterocycles. The van der Waals surface area contributed by atoms with Crippen LogP contribution < -0.4 is 21.3 Å². The van der Waals surface area contributed by atoms with E-state index in [2.05, 4.69) is 21.3 Å². The van der Waals surface area contributed by atoms with E-state index in [1.807, 2.05) is 0 Å². The molecule has 3 aliphatic carbocycles. The largest absolute Gasteiger partial charge is 0.394 e. The number of likely N-dealkylation sites (N-methyl/N-ethyl adjacent to an activating group) is 1. The van der Waals surface area contributed by atoms with Crippen LogP contribution in [0.15, 0.2) is 18.2 Å². The second-order valence-electron chi connectivity index (χ2n) is 10.3. The average molecular weight is 543 g/mol. The normalized spacial score (nSPS) is 28.8. The van der Waals surface area contributed by atoms with Crippen molar-refractivity contribution in [3.05, 3.63) is 28.8 Å². The summed E-state index contributed by atoms with van der Waals surface area (Å²) < 4.78 is 39.5. The fraction of sp³-hybridized carbons (Fsp3) is 0.542. The molecule has 1 saturated heterocycles. The lowest BCUT2D eigenvalue weighted by Gasteiger charge is -2.69. The summed E-state index contributed by atoms with van der Waals surface area (Å²) >= 11 is 6.05. The van der Waals surface area contributed by atoms with Crippen LogP contribution in [0.25, 0.3) is 0 Å². The molecule has 4 N–H and O–H groups in total. The van der Waals surface area contributed by atoms with Gasteiger partial charge in [0, 0.05) is 24.0 Å². The highest BCUT2D eigenvalue weighted by molar-refractivity contribution is 6.38. The van der Waals surface area contributed by atoms with Crippen molar-refractivity contribution in [1.82, 2.24) is 16.0 Å². The zero-order chi connectivity index (χ0) is 27.3. The van der Waals surface area contributed by atoms with Gasteiger partial charge in [-0.2, -0.15) is 13.2 Å². The first kappa shape index (κ1) is 26.9. The number of ketones is 1. The lowest BCUT2D eigenvalue weighted by molar-refractivity contribution is -0.349. The SMILES string of the molecule is CNC(=O)C(=O)C(C[C@@H]1C[C@@H](C)NC1=O)NC(=O)c1cc(Cl)ccc1NC(=O)C12CC(C(F)(F)F)(C1)C2. The van der Waals surface area contributed by atoms with Gasteiger partial charge in [0.05, 0.1) is 28.1 Å². The maximum absolute atomic E-state index is 13.2. The minimum Gasteiger partial charge on any atom is -0.353 e. The van der Waals surface area contributed by atoms with Crippen LogP contribution in [0.3, 0.4) is 0 Å². The Morgan fingerprint density at radius 2 is 1.84 bits per heavy atom. The third-order valence-electron chi connectivity index (χ3n) is 7.58. The number of halogens is 4. The molecule has 2 bridgehead atoms. The molecule has 9 nitrogen and oxygen atoms in total. The summed E-state index contributed by atoms with van der Waals surface area (Å²) in [6, 6.07) is 2.48. The van der Waals surface area contributed by atoms with Gasteiger partial charge in [0.25, 0.3) is 11.8 Å². The Balaban J connectivity index is 1.51. The first-order valence-corrected chi connectivity index (χ1v) is 12.1. The number of benzene rings is 1. The van der Waals surface area contributed by atoms with Crippen LogP contribution in [-0.4, -0.2) is 54.7 Å². The molecule has 37 heavy (non-hydrogen) atoms. The summed E-state index contributed by atoms with van der Waals surface area (Å²) in [5.41, 5.74) is -3.11. The van der Waals surface area contributed by atoms with Gasteiger partial charge in [-0.15, -0.1) is 0 Å². The Kier molecular flexibility index (Phi) is 6.76. The van der Waals surface area contributed by atoms with E-state index in [0.29, 0.717) is 6.42 Å². The number of hydrogen-bond acceptors (Lipinski definition) is 5. The van der Waals surface area contributed by atoms with Crippen LogP contribution in [0.4, 0.5) is 18.9 Å². The lowest BCUT2D eigenvalue weighted by Crippen LogP contribution is -2.71. The number of carbonyl (C=O) groups is 5. The van der Waals surface area contributed by atoms with Gasteiger partial charge in [-0.05, 0) is 57.2 Å². The molecule has 1 heterocycles. The fourth-order valence-electron chi connectivity index (χ4n) is 5.59. The van der Waals surface area contributed by atoms with Crippen LogP contribution in [0.5, 0.6) is 0 Å². The summed E-state index contributed by atoms with van der Waals surface area (Å²) in [4.78, 5) is 63.0. The van der Waals surface area contributed by atoms with Crippen LogP contribution >= 0.6 is 11.6 Å². The molecule has 0 aromatic heterocycles. The number of hydrogen-bond donors (Lipinski definition) is 4. The zero-order valence-electron chi connectivity index (χ0n) is 20.1. The Bertz CT molecular complexity index is 1170. The Morgan fingerprint density at radius 1 is 1.19 bits per heavy atom. The Hall–Kier alpha value is -3.15. The average Bonchev–Trinajstić information content (AvgIpc) is 3.06. The quantitative estimate of drug-likeness (QED) is 0.374. The predicted octanol–water partition coefficient (Wildman–Crippen LogP) is 2.34. The van der Waals surface area contributed by atoms with Crippen LogP contribution in [0.2, 0.25) is 5.02 Å². The molecular weight excluding hydrogens is 517 g/mol. The third-order valence-corrected chi connectivity index (χ3v) is 7.81. The monoisotopic (exact) mass is 542 g/mol. The van der Waals surface area contributed by atoms with E-state index in [4.69, 9.17) is 11.6 Å². The van der Waals surface area contributed by atoms with Gasteiger partial charge in [-0.25, -0.2) is 0 Å². The summed E-state index contributed by atoms with van der Waals surface area (Å²) in [7, 11) is 1.25. The highest BCUT2D eigenvalue weighted by Gasteiger charge is 2.80. The summed E-state index contributed by atoms with van der Waals surface area (Å²) in [5.74, 6) is -4.32. The second kappa shape index (κ2) is 9.30. The lowest BCUT2D eigenvalue weighted by atomic mass is 9.34. The van der Waals surface area contributed by atoms with Crippen molar-refractivity contribution in [2.75, 3.05) is 12.4 Å². The van der Waals surface area contributed by atoms with Gasteiger partial charge < -0.3 is 21.3 Å². The van der Waals surface area contributed by atoms with Gasteiger partial charge >= 0.3 is 6.18 Å². The molecule has 1 aromatic carbocycles. The third kappa shape index (κ3) is 4.78. The van der Waals surface area contributed by atoms with Gasteiger partial charge in [0.2, 0.25) is 17.6 Å². The topological polar surface area (TPSA) is 133 Å². The summed E-state index contributed by atoms with van der Waals surface area (Å²) in [6.07, 6.45) is -5.02. The molecule has 4 amide bonds. The van der Waals surface area contributed by atoms with Gasteiger partial charge in [-0.3, -0.25) is 24.0 Å². The van der Waals surface area contributed by atoms with Crippen molar-refractivity contribution in [2.45, 2.75) is 57.3 Å². The molecule has 1 aromatic rings. The van der Waals surface area contributed by atoms with E-state index in [0.717, 1.165) is 0 Å². The molecule has 1 unspecified atom stereocenters. The van der Waals surface area contributed by atoms with E-state index in [-0.39, 0.29) is 53.9 Å². The van der Waals surface area contributed by atoms with E-state index in [1.54, 1.807) is 6.92 Å². The number of anilines is 1. The van der Waals surface area contributed by atoms with Crippen molar-refractivity contribution in [3.63, 3.8) is 0 Å². The maximum Gasteiger partial charge on any atom is 0.394 e. The van der Waals surface area contributed by atoms with Gasteiger partial charge in [-0.1, -0.05) is 11.6 Å². The van der Waals surface area contributed by atoms with Crippen molar-refractivity contribution in [2.24, 2.45) is 16.7 Å². The van der Waals surface area contributed by atoms with Crippen molar-refractivity contribution in [1.29, 1.82) is 0 Å². The molecule has 13 heteroatoms. The van der Waals surface area contributed by atoms with Gasteiger partial charge in [0.1, 0.15) is 0 Å². The molecule has 200 valence electrons. The number of carbonyl (C=O) groups excluding carboxylic acids is 5. The van der Waals surface area contributed by atoms with E-state index in [1.165, 1.54) is 25.2 Å². The number of Topliss-reactive ketones (excluding diaryl/α,β-unsaturated/α-hetero) is 1. The summed E-state index contributed by atoms with van der Waals surface area (Å²) in [5, 5.41) is 10.0. The Morgan fingerprint density at radius 3 is 2.38 bits per heavy atom. The molecular formula is C24H26ClF3N4O5. The highest BCUT2D eigenvalue weighted by atomic mass is 35.5. The minimum absolute atomic E-state index is 0.00365. The fourth-order valence-corrected chi connectivity index (χ4v) is 5.76. The van der Waals surface area contributed by atoms with Crippen molar-refractivity contribution < 1.29 is 37.1 Å². The number of alkyl halides is 3. The Labute approximate surface area is 215 Å². The van der Waals surface area contributed by atoms with Crippen molar-refractivity contribution >= 4 is 46.7 Å². The first-order chi connectivity index (χ1) is 17.2. The molecule has 5 rings (SSSR count). The minimum atomic E-state index is -4.37. The van der Waals surface area contributed by atoms with Crippen LogP contribution in [-0.2, 0) is 19.2 Å². The predicted molar refractivity (Wildman–Crippen MR) is 126 cm³/mol. The first-order valence-electron chi connectivity index (χ1n) is 11.8. The standard InChI is InChI=1S/C24H26ClF3N4O5/c1-11-5-12(18(34)30-11)6-16(17(33)20(36)29-2)31-19(35)14-7-13(25)3-4-15(14)32-21(37)22-8-23(9-22,10-22)24(26,27)28/h3-4,7,11-12,16H,5-6,8-10H2,1-2H3,(H,29,36)(H,30,34)(H,31,35)(H,32,37)/t11-,12+,16?,22?,23?/m1/s1. The molecule has 4 fully saturated rings.